The molecule has 0 spiro atoms. The van der Waals surface area contributed by atoms with Gasteiger partial charge in [-0.3, -0.25) is 0 Å². The molecule has 8 rings (SSSR count). The lowest BCUT2D eigenvalue weighted by molar-refractivity contribution is 0.589. The van der Waals surface area contributed by atoms with E-state index in [4.69, 9.17) is 15.0 Å². The molecule has 0 N–H and O–H groups in total. The van der Waals surface area contributed by atoms with Crippen LogP contribution < -0.4 is 0 Å². The van der Waals surface area contributed by atoms with Crippen LogP contribution in [0.1, 0.15) is 0 Å². The van der Waals surface area contributed by atoms with Gasteiger partial charge in [0.25, 0.3) is 0 Å². The molecule has 0 aliphatic rings. The van der Waals surface area contributed by atoms with Crippen molar-refractivity contribution in [2.24, 2.45) is 0 Å². The van der Waals surface area contributed by atoms with Crippen molar-refractivity contribution in [2.75, 3.05) is 0 Å². The van der Waals surface area contributed by atoms with Crippen LogP contribution in [0.5, 0.6) is 0 Å². The maximum atomic E-state index is 13.9. The zero-order valence-corrected chi connectivity index (χ0v) is 22.9. The van der Waals surface area contributed by atoms with E-state index in [-0.39, 0.29) is 0 Å². The molecule has 0 amide bonds. The van der Waals surface area contributed by atoms with Crippen molar-refractivity contribution < 1.29 is 4.39 Å². The molecule has 0 unspecified atom stereocenters. The minimum absolute atomic E-state index is 0.508. The van der Waals surface area contributed by atoms with Crippen LogP contribution in [-0.2, 0) is 0 Å². The lowest BCUT2D eigenvalue weighted by Crippen LogP contribution is -1.95. The number of benzene rings is 5. The van der Waals surface area contributed by atoms with E-state index in [0.29, 0.717) is 11.0 Å². The highest BCUT2D eigenvalue weighted by atomic mass is 19.1. The Morgan fingerprint density at radius 3 is 1.44 bits per heavy atom. The predicted octanol–water partition coefficient (Wildman–Crippen LogP) is 9.53. The molecule has 43 heavy (non-hydrogen) atoms. The Labute approximate surface area is 247 Å². The lowest BCUT2D eigenvalue weighted by atomic mass is 9.98. The van der Waals surface area contributed by atoms with Gasteiger partial charge in [0.1, 0.15) is 0 Å². The summed E-state index contributed by atoms with van der Waals surface area (Å²) in [4.78, 5) is 19.0. The minimum atomic E-state index is -0.508. The van der Waals surface area contributed by atoms with Gasteiger partial charge in [-0.25, -0.2) is 19.9 Å². The lowest BCUT2D eigenvalue weighted by Gasteiger charge is -2.11. The van der Waals surface area contributed by atoms with Crippen LogP contribution in [-0.4, -0.2) is 19.9 Å². The van der Waals surface area contributed by atoms with Gasteiger partial charge >= 0.3 is 0 Å². The average molecular weight is 555 g/mol. The molecule has 0 aliphatic carbocycles. The fourth-order valence-electron chi connectivity index (χ4n) is 5.56. The van der Waals surface area contributed by atoms with Crippen LogP contribution in [0.2, 0.25) is 0 Å². The maximum Gasteiger partial charge on any atom is 0.213 e. The molecule has 0 saturated carbocycles. The number of fused-ring (bicyclic) bond motifs is 4. The van der Waals surface area contributed by atoms with E-state index in [1.165, 1.54) is 6.07 Å². The summed E-state index contributed by atoms with van der Waals surface area (Å²) in [5, 5.41) is 1.79. The van der Waals surface area contributed by atoms with E-state index < -0.39 is 5.95 Å². The van der Waals surface area contributed by atoms with Gasteiger partial charge in [-0.05, 0) is 41.5 Å². The summed E-state index contributed by atoms with van der Waals surface area (Å²) in [6, 6.07) is 46.0. The van der Waals surface area contributed by atoms with E-state index in [1.807, 2.05) is 66.7 Å². The van der Waals surface area contributed by atoms with Gasteiger partial charge in [0.15, 0.2) is 0 Å². The quantitative estimate of drug-likeness (QED) is 0.161. The van der Waals surface area contributed by atoms with Crippen molar-refractivity contribution in [3.63, 3.8) is 0 Å². The minimum Gasteiger partial charge on any atom is -0.245 e. The van der Waals surface area contributed by atoms with Crippen LogP contribution in [0.15, 0.2) is 140 Å². The molecule has 3 heterocycles. The van der Waals surface area contributed by atoms with Crippen LogP contribution in [0.25, 0.3) is 77.7 Å². The first-order valence-electron chi connectivity index (χ1n) is 14.1. The second-order valence-corrected chi connectivity index (χ2v) is 10.5. The Morgan fingerprint density at radius 1 is 0.349 bits per heavy atom. The van der Waals surface area contributed by atoms with Gasteiger partial charge < -0.3 is 0 Å². The number of rotatable bonds is 4. The molecular formula is C38H23FN4. The molecule has 202 valence electrons. The summed E-state index contributed by atoms with van der Waals surface area (Å²) in [7, 11) is 0. The third-order valence-electron chi connectivity index (χ3n) is 7.78. The van der Waals surface area contributed by atoms with Crippen molar-refractivity contribution in [3.8, 4) is 44.9 Å². The van der Waals surface area contributed by atoms with E-state index in [0.717, 1.165) is 66.7 Å². The summed E-state index contributed by atoms with van der Waals surface area (Å²) in [5.74, 6) is -0.508. The van der Waals surface area contributed by atoms with Crippen molar-refractivity contribution in [1.29, 1.82) is 0 Å². The first-order valence-corrected chi connectivity index (χ1v) is 14.1. The number of halogens is 1. The SMILES string of the molecule is Fc1ccc2ccc3ccc(-c4ccc(-c5ccc(-c6nc7ccccc7nc6-c6ccccc6)cc5)cc4)nc3c2n1. The van der Waals surface area contributed by atoms with Crippen molar-refractivity contribution >= 4 is 32.8 Å². The second-order valence-electron chi connectivity index (χ2n) is 10.5. The monoisotopic (exact) mass is 554 g/mol. The Hall–Kier alpha value is -5.81. The van der Waals surface area contributed by atoms with Crippen LogP contribution >= 0.6 is 0 Å². The summed E-state index contributed by atoms with van der Waals surface area (Å²) < 4.78 is 13.9. The molecule has 4 nitrogen and oxygen atoms in total. The van der Waals surface area contributed by atoms with Crippen molar-refractivity contribution in [3.05, 3.63) is 145 Å². The van der Waals surface area contributed by atoms with Crippen molar-refractivity contribution in [2.45, 2.75) is 0 Å². The average Bonchev–Trinajstić information content (AvgIpc) is 3.08. The van der Waals surface area contributed by atoms with Gasteiger partial charge in [-0.1, -0.05) is 109 Å². The topological polar surface area (TPSA) is 51.6 Å². The molecule has 5 heteroatoms. The zero-order chi connectivity index (χ0) is 28.8. The van der Waals surface area contributed by atoms with Crippen LogP contribution in [0.4, 0.5) is 4.39 Å². The van der Waals surface area contributed by atoms with Gasteiger partial charge in [0, 0.05) is 27.5 Å². The van der Waals surface area contributed by atoms with Crippen molar-refractivity contribution in [1.82, 2.24) is 19.9 Å². The highest BCUT2D eigenvalue weighted by molar-refractivity contribution is 6.03. The van der Waals surface area contributed by atoms with Gasteiger partial charge in [-0.15, -0.1) is 0 Å². The Kier molecular flexibility index (Phi) is 5.93. The zero-order valence-electron chi connectivity index (χ0n) is 22.9. The third-order valence-corrected chi connectivity index (χ3v) is 7.78. The molecule has 0 bridgehead atoms. The number of hydrogen-bond donors (Lipinski definition) is 0. The molecule has 0 aliphatic heterocycles. The standard InChI is InChI=1S/C38H23FN4/c39-34-23-21-30-19-18-29-20-22-31(40-37(29)38(30)43-34)26-14-10-24(11-15-26)25-12-16-28(17-13-25)36-35(27-6-2-1-3-7-27)41-32-8-4-5-9-33(32)42-36/h1-23H. The maximum absolute atomic E-state index is 13.9. The van der Waals surface area contributed by atoms with Crippen LogP contribution in [0, 0.1) is 5.95 Å². The Balaban J connectivity index is 1.13. The van der Waals surface area contributed by atoms with E-state index in [9.17, 15) is 4.39 Å². The summed E-state index contributed by atoms with van der Waals surface area (Å²) in [5.41, 5.74) is 10.8. The predicted molar refractivity (Wildman–Crippen MR) is 172 cm³/mol. The van der Waals surface area contributed by atoms with Crippen LogP contribution in [0.3, 0.4) is 0 Å². The van der Waals surface area contributed by atoms with E-state index in [2.05, 4.69) is 65.6 Å². The summed E-state index contributed by atoms with van der Waals surface area (Å²) >= 11 is 0. The van der Waals surface area contributed by atoms with Gasteiger partial charge in [-0.2, -0.15) is 4.39 Å². The Morgan fingerprint density at radius 2 is 0.814 bits per heavy atom. The molecule has 5 aromatic carbocycles. The first kappa shape index (κ1) is 24.9. The molecule has 8 aromatic rings. The van der Waals surface area contributed by atoms with E-state index in [1.54, 1.807) is 6.07 Å². The first-order chi connectivity index (χ1) is 21.2. The molecule has 3 aromatic heterocycles. The normalized spacial score (nSPS) is 11.4. The summed E-state index contributed by atoms with van der Waals surface area (Å²) in [6.45, 7) is 0. The number of nitrogens with zero attached hydrogens (tertiary/aromatic N) is 4. The van der Waals surface area contributed by atoms with Gasteiger partial charge in [0.05, 0.1) is 39.1 Å². The summed E-state index contributed by atoms with van der Waals surface area (Å²) in [6.07, 6.45) is 0. The Bertz CT molecular complexity index is 2280. The second kappa shape index (κ2) is 10.2. The molecular weight excluding hydrogens is 531 g/mol. The van der Waals surface area contributed by atoms with Gasteiger partial charge in [0.2, 0.25) is 5.95 Å². The number of aromatic nitrogens is 4. The number of para-hydroxylation sites is 2. The largest absolute Gasteiger partial charge is 0.245 e. The smallest absolute Gasteiger partial charge is 0.213 e. The number of pyridine rings is 2. The highest BCUT2D eigenvalue weighted by Crippen LogP contribution is 2.33. The third kappa shape index (κ3) is 4.57. The van der Waals surface area contributed by atoms with E-state index >= 15 is 0 Å². The highest BCUT2D eigenvalue weighted by Gasteiger charge is 2.14. The fraction of sp³-hybridized carbons (Fsp3) is 0. The fourth-order valence-corrected chi connectivity index (χ4v) is 5.56. The molecule has 0 radical (unpaired) electrons. The molecule has 0 fully saturated rings. The number of hydrogen-bond acceptors (Lipinski definition) is 4. The molecule has 0 atom stereocenters. The molecule has 0 saturated heterocycles.